The molecule has 0 radical (unpaired) electrons. The SMILES string of the molecule is NC(=O)c1ccccc1Cl.O=C(O)C(F)(F)F. The summed E-state index contributed by atoms with van der Waals surface area (Å²) in [7, 11) is 0. The van der Waals surface area contributed by atoms with Crippen molar-refractivity contribution in [3.05, 3.63) is 34.9 Å². The smallest absolute Gasteiger partial charge is 0.475 e. The van der Waals surface area contributed by atoms with Crippen LogP contribution < -0.4 is 5.73 Å². The van der Waals surface area contributed by atoms with Gasteiger partial charge in [-0.3, -0.25) is 4.79 Å². The van der Waals surface area contributed by atoms with Gasteiger partial charge in [-0.05, 0) is 12.1 Å². The summed E-state index contributed by atoms with van der Waals surface area (Å²) in [5, 5.41) is 7.52. The third kappa shape index (κ3) is 5.76. The molecule has 0 aliphatic carbocycles. The number of carboxylic acids is 1. The molecule has 0 aliphatic rings. The van der Waals surface area contributed by atoms with Gasteiger partial charge in [-0.25, -0.2) is 4.79 Å². The van der Waals surface area contributed by atoms with Crippen LogP contribution in [0.3, 0.4) is 0 Å². The lowest BCUT2D eigenvalue weighted by Gasteiger charge is -1.95. The molecule has 1 aromatic rings. The van der Waals surface area contributed by atoms with Gasteiger partial charge in [0.05, 0.1) is 10.6 Å². The van der Waals surface area contributed by atoms with E-state index in [0.29, 0.717) is 10.6 Å². The standard InChI is InChI=1S/C7H6ClNO.C2HF3O2/c8-6-4-2-1-3-5(6)7(9)10;3-2(4,5)1(6)7/h1-4H,(H2,9,10);(H,6,7). The average Bonchev–Trinajstić information content (AvgIpc) is 2.17. The van der Waals surface area contributed by atoms with Gasteiger partial charge in [0.15, 0.2) is 0 Å². The number of rotatable bonds is 1. The van der Waals surface area contributed by atoms with Gasteiger partial charge in [0.2, 0.25) is 5.91 Å². The number of carbonyl (C=O) groups excluding carboxylic acids is 1. The summed E-state index contributed by atoms with van der Waals surface area (Å²) in [4.78, 5) is 19.5. The van der Waals surface area contributed by atoms with Crippen molar-refractivity contribution in [1.29, 1.82) is 0 Å². The summed E-state index contributed by atoms with van der Waals surface area (Å²) < 4.78 is 31.7. The Morgan fingerprint density at radius 2 is 1.65 bits per heavy atom. The van der Waals surface area contributed by atoms with Crippen LogP contribution in [-0.2, 0) is 4.79 Å². The minimum Gasteiger partial charge on any atom is -0.475 e. The highest BCUT2D eigenvalue weighted by molar-refractivity contribution is 6.33. The number of halogens is 4. The molecular formula is C9H7ClF3NO3. The molecule has 4 nitrogen and oxygen atoms in total. The monoisotopic (exact) mass is 269 g/mol. The second-order valence-electron chi connectivity index (χ2n) is 2.65. The lowest BCUT2D eigenvalue weighted by atomic mass is 10.2. The maximum absolute atomic E-state index is 10.6. The quantitative estimate of drug-likeness (QED) is 0.819. The zero-order valence-electron chi connectivity index (χ0n) is 8.16. The Kier molecular flexibility index (Phi) is 5.46. The summed E-state index contributed by atoms with van der Waals surface area (Å²) in [5.74, 6) is -3.25. The molecule has 0 spiro atoms. The lowest BCUT2D eigenvalue weighted by molar-refractivity contribution is -0.192. The van der Waals surface area contributed by atoms with Gasteiger partial charge in [0.25, 0.3) is 0 Å². The molecule has 3 N–H and O–H groups in total. The largest absolute Gasteiger partial charge is 0.490 e. The van der Waals surface area contributed by atoms with Gasteiger partial charge in [-0.2, -0.15) is 13.2 Å². The molecule has 0 aromatic heterocycles. The molecule has 1 rings (SSSR count). The molecule has 0 fully saturated rings. The molecule has 0 aliphatic heterocycles. The summed E-state index contributed by atoms with van der Waals surface area (Å²) in [6, 6.07) is 6.67. The molecule has 0 saturated carbocycles. The Labute approximate surface area is 98.8 Å². The topological polar surface area (TPSA) is 80.4 Å². The van der Waals surface area contributed by atoms with E-state index in [4.69, 9.17) is 27.2 Å². The summed E-state index contributed by atoms with van der Waals surface area (Å²) in [6.45, 7) is 0. The number of alkyl halides is 3. The van der Waals surface area contributed by atoms with Crippen LogP contribution in [0.15, 0.2) is 24.3 Å². The predicted molar refractivity (Wildman–Crippen MR) is 53.7 cm³/mol. The summed E-state index contributed by atoms with van der Waals surface area (Å²) in [5.41, 5.74) is 5.36. The van der Waals surface area contributed by atoms with Gasteiger partial charge >= 0.3 is 12.1 Å². The first kappa shape index (κ1) is 15.2. The van der Waals surface area contributed by atoms with Gasteiger partial charge in [0.1, 0.15) is 0 Å². The normalized spacial score (nSPS) is 10.1. The van der Waals surface area contributed by atoms with E-state index in [1.54, 1.807) is 24.3 Å². The fraction of sp³-hybridized carbons (Fsp3) is 0.111. The highest BCUT2D eigenvalue weighted by Gasteiger charge is 2.38. The summed E-state index contributed by atoms with van der Waals surface area (Å²) in [6.07, 6.45) is -5.08. The van der Waals surface area contributed by atoms with Crippen molar-refractivity contribution in [3.8, 4) is 0 Å². The number of nitrogens with two attached hydrogens (primary N) is 1. The predicted octanol–water partition coefficient (Wildman–Crippen LogP) is 2.07. The van der Waals surface area contributed by atoms with E-state index in [1.807, 2.05) is 0 Å². The number of benzene rings is 1. The number of hydrogen-bond acceptors (Lipinski definition) is 2. The van der Waals surface area contributed by atoms with Crippen molar-refractivity contribution < 1.29 is 27.9 Å². The molecule has 0 bridgehead atoms. The second kappa shape index (κ2) is 6.09. The molecule has 94 valence electrons. The van der Waals surface area contributed by atoms with Crippen molar-refractivity contribution in [3.63, 3.8) is 0 Å². The molecular weight excluding hydrogens is 263 g/mol. The molecule has 0 saturated heterocycles. The first-order valence-electron chi connectivity index (χ1n) is 4.00. The van der Waals surface area contributed by atoms with E-state index >= 15 is 0 Å². The highest BCUT2D eigenvalue weighted by Crippen LogP contribution is 2.13. The van der Waals surface area contributed by atoms with E-state index in [1.165, 1.54) is 0 Å². The van der Waals surface area contributed by atoms with E-state index in [9.17, 15) is 18.0 Å². The Hall–Kier alpha value is -1.76. The van der Waals surface area contributed by atoms with Crippen LogP contribution >= 0.6 is 11.6 Å². The fourth-order valence-corrected chi connectivity index (χ4v) is 0.890. The molecule has 1 aromatic carbocycles. The molecule has 0 unspecified atom stereocenters. The number of amides is 1. The van der Waals surface area contributed by atoms with Gasteiger partial charge in [0, 0.05) is 0 Å². The van der Waals surface area contributed by atoms with Crippen LogP contribution in [0, 0.1) is 0 Å². The van der Waals surface area contributed by atoms with E-state index in [2.05, 4.69) is 0 Å². The van der Waals surface area contributed by atoms with E-state index < -0.39 is 18.1 Å². The first-order valence-corrected chi connectivity index (χ1v) is 4.38. The minimum absolute atomic E-state index is 0.365. The maximum atomic E-state index is 10.6. The number of carbonyl (C=O) groups is 2. The Morgan fingerprint density at radius 3 is 1.88 bits per heavy atom. The van der Waals surface area contributed by atoms with E-state index in [-0.39, 0.29) is 0 Å². The zero-order chi connectivity index (χ0) is 13.6. The third-order valence-electron chi connectivity index (χ3n) is 1.38. The molecule has 0 heterocycles. The average molecular weight is 270 g/mol. The lowest BCUT2D eigenvalue weighted by Crippen LogP contribution is -2.21. The van der Waals surface area contributed by atoms with Crippen molar-refractivity contribution in [2.24, 2.45) is 5.73 Å². The highest BCUT2D eigenvalue weighted by atomic mass is 35.5. The number of aliphatic carboxylic acids is 1. The van der Waals surface area contributed by atoms with Crippen LogP contribution in [0.2, 0.25) is 5.02 Å². The minimum atomic E-state index is -5.08. The van der Waals surface area contributed by atoms with Crippen LogP contribution in [0.1, 0.15) is 10.4 Å². The van der Waals surface area contributed by atoms with E-state index in [0.717, 1.165) is 0 Å². The summed E-state index contributed by atoms with van der Waals surface area (Å²) >= 11 is 5.62. The molecule has 0 atom stereocenters. The van der Waals surface area contributed by atoms with Crippen LogP contribution in [0.25, 0.3) is 0 Å². The maximum Gasteiger partial charge on any atom is 0.490 e. The number of primary amides is 1. The third-order valence-corrected chi connectivity index (χ3v) is 1.71. The molecule has 17 heavy (non-hydrogen) atoms. The van der Waals surface area contributed by atoms with Crippen molar-refractivity contribution in [2.45, 2.75) is 6.18 Å². The van der Waals surface area contributed by atoms with Crippen molar-refractivity contribution in [1.82, 2.24) is 0 Å². The molecule has 1 amide bonds. The fourth-order valence-electron chi connectivity index (χ4n) is 0.661. The number of carboxylic acid groups (broad SMARTS) is 1. The number of hydrogen-bond donors (Lipinski definition) is 2. The van der Waals surface area contributed by atoms with Crippen molar-refractivity contribution in [2.75, 3.05) is 0 Å². The zero-order valence-corrected chi connectivity index (χ0v) is 8.92. The van der Waals surface area contributed by atoms with Gasteiger partial charge in [-0.15, -0.1) is 0 Å². The van der Waals surface area contributed by atoms with Gasteiger partial charge < -0.3 is 10.8 Å². The van der Waals surface area contributed by atoms with Crippen LogP contribution in [0.4, 0.5) is 13.2 Å². The Morgan fingerprint density at radius 1 is 1.24 bits per heavy atom. The Bertz CT molecular complexity index is 420. The molecule has 8 heteroatoms. The van der Waals surface area contributed by atoms with Gasteiger partial charge in [-0.1, -0.05) is 23.7 Å². The van der Waals surface area contributed by atoms with Crippen LogP contribution in [-0.4, -0.2) is 23.2 Å². The van der Waals surface area contributed by atoms with Crippen molar-refractivity contribution >= 4 is 23.5 Å². The van der Waals surface area contributed by atoms with Crippen LogP contribution in [0.5, 0.6) is 0 Å². The Balaban J connectivity index is 0.000000325. The first-order chi connectivity index (χ1) is 7.66. The second-order valence-corrected chi connectivity index (χ2v) is 3.05.